The van der Waals surface area contributed by atoms with Crippen LogP contribution in [-0.2, 0) is 0 Å². The van der Waals surface area contributed by atoms with Crippen LogP contribution in [0.2, 0.25) is 0 Å². The van der Waals surface area contributed by atoms with Gasteiger partial charge in [-0.15, -0.1) is 0 Å². The van der Waals surface area contributed by atoms with Crippen LogP contribution in [0.4, 0.5) is 0 Å². The van der Waals surface area contributed by atoms with Crippen LogP contribution in [0.25, 0.3) is 5.65 Å². The number of benzene rings is 1. The lowest BCUT2D eigenvalue weighted by atomic mass is 10.1. The third kappa shape index (κ3) is 3.27. The van der Waals surface area contributed by atoms with E-state index in [2.05, 4.69) is 20.3 Å². The molecule has 8 nitrogen and oxygen atoms in total. The first-order valence-electron chi connectivity index (χ1n) is 8.67. The van der Waals surface area contributed by atoms with E-state index in [0.717, 1.165) is 11.1 Å². The molecule has 1 aliphatic heterocycles. The topological polar surface area (TPSA) is 108 Å². The number of hydrogen-bond acceptors (Lipinski definition) is 5. The van der Waals surface area contributed by atoms with Gasteiger partial charge in [0.2, 0.25) is 0 Å². The van der Waals surface area contributed by atoms with Crippen LogP contribution in [-0.4, -0.2) is 44.8 Å². The van der Waals surface area contributed by atoms with E-state index in [9.17, 15) is 14.7 Å². The Labute approximate surface area is 160 Å². The number of carboxylic acids is 1. The molecule has 1 aromatic carbocycles. The maximum Gasteiger partial charge on any atom is 0.354 e. The van der Waals surface area contributed by atoms with Gasteiger partial charge in [-0.2, -0.15) is 0 Å². The molecule has 1 atom stereocenters. The number of amides is 1. The molecule has 0 saturated heterocycles. The molecule has 3 aromatic rings. The maximum atomic E-state index is 12.6. The Bertz CT molecular complexity index is 1150. The Hall–Kier alpha value is -3.81. The Balaban J connectivity index is 1.48. The molecule has 1 aliphatic rings. The number of nitrogens with one attached hydrogen (secondary N) is 1. The van der Waals surface area contributed by atoms with Crippen molar-refractivity contribution in [1.29, 1.82) is 0 Å². The molecule has 0 bridgehead atoms. The summed E-state index contributed by atoms with van der Waals surface area (Å²) >= 11 is 0. The number of aliphatic imine (C=N–C) groups is 2. The van der Waals surface area contributed by atoms with Gasteiger partial charge in [-0.25, -0.2) is 9.78 Å². The van der Waals surface area contributed by atoms with E-state index in [1.54, 1.807) is 24.5 Å². The fourth-order valence-corrected chi connectivity index (χ4v) is 3.08. The van der Waals surface area contributed by atoms with E-state index in [-0.39, 0.29) is 30.0 Å². The van der Waals surface area contributed by atoms with Crippen LogP contribution in [0.1, 0.15) is 38.1 Å². The van der Waals surface area contributed by atoms with Crippen LogP contribution in [0.5, 0.6) is 0 Å². The Kier molecular flexibility index (Phi) is 4.44. The van der Waals surface area contributed by atoms with Crippen molar-refractivity contribution in [2.24, 2.45) is 9.98 Å². The molecule has 0 fully saturated rings. The monoisotopic (exact) mass is 375 g/mol. The van der Waals surface area contributed by atoms with Gasteiger partial charge in [0, 0.05) is 12.4 Å². The Morgan fingerprint density at radius 1 is 1.25 bits per heavy atom. The van der Waals surface area contributed by atoms with E-state index >= 15 is 0 Å². The fourth-order valence-electron chi connectivity index (χ4n) is 3.08. The molecule has 1 unspecified atom stereocenters. The fraction of sp³-hybridized carbons (Fsp3) is 0.150. The molecule has 2 aromatic heterocycles. The van der Waals surface area contributed by atoms with E-state index in [1.807, 2.05) is 31.2 Å². The molecule has 140 valence electrons. The summed E-state index contributed by atoms with van der Waals surface area (Å²) in [5, 5.41) is 12.0. The molecule has 0 radical (unpaired) electrons. The maximum absolute atomic E-state index is 12.6. The predicted molar refractivity (Wildman–Crippen MR) is 104 cm³/mol. The van der Waals surface area contributed by atoms with Gasteiger partial charge in [-0.3, -0.25) is 19.2 Å². The van der Waals surface area contributed by atoms with Crippen LogP contribution >= 0.6 is 0 Å². The number of fused-ring (bicyclic) bond motifs is 1. The van der Waals surface area contributed by atoms with Crippen molar-refractivity contribution in [3.8, 4) is 0 Å². The van der Waals surface area contributed by atoms with Crippen molar-refractivity contribution in [1.82, 2.24) is 14.7 Å². The summed E-state index contributed by atoms with van der Waals surface area (Å²) in [7, 11) is 0. The zero-order chi connectivity index (χ0) is 19.7. The quantitative estimate of drug-likeness (QED) is 0.713. The molecule has 28 heavy (non-hydrogen) atoms. The van der Waals surface area contributed by atoms with Crippen LogP contribution in [0, 0.1) is 6.92 Å². The summed E-state index contributed by atoms with van der Waals surface area (Å²) in [6.07, 6.45) is 4.16. The van der Waals surface area contributed by atoms with Gasteiger partial charge in [0.1, 0.15) is 5.65 Å². The second-order valence-electron chi connectivity index (χ2n) is 6.43. The average molecular weight is 375 g/mol. The first kappa shape index (κ1) is 17.6. The number of carboxylic acid groups (broad SMARTS) is 1. The third-order valence-corrected chi connectivity index (χ3v) is 4.42. The summed E-state index contributed by atoms with van der Waals surface area (Å²) in [4.78, 5) is 36.8. The van der Waals surface area contributed by atoms with Gasteiger partial charge in [0.25, 0.3) is 5.91 Å². The van der Waals surface area contributed by atoms with Crippen LogP contribution in [0.15, 0.2) is 58.8 Å². The van der Waals surface area contributed by atoms with Crippen LogP contribution in [0.3, 0.4) is 0 Å². The van der Waals surface area contributed by atoms with Crippen molar-refractivity contribution in [3.63, 3.8) is 0 Å². The van der Waals surface area contributed by atoms with Gasteiger partial charge >= 0.3 is 5.97 Å². The minimum Gasteiger partial charge on any atom is -0.477 e. The second-order valence-corrected chi connectivity index (χ2v) is 6.43. The largest absolute Gasteiger partial charge is 0.477 e. The lowest BCUT2D eigenvalue weighted by Crippen LogP contribution is -2.30. The first-order valence-corrected chi connectivity index (χ1v) is 8.67. The molecular weight excluding hydrogens is 358 g/mol. The van der Waals surface area contributed by atoms with Crippen molar-refractivity contribution < 1.29 is 14.7 Å². The predicted octanol–water partition coefficient (Wildman–Crippen LogP) is 2.29. The molecule has 8 heteroatoms. The van der Waals surface area contributed by atoms with E-state index < -0.39 is 5.97 Å². The number of aromatic nitrogens is 2. The van der Waals surface area contributed by atoms with Gasteiger partial charge in [0.05, 0.1) is 24.0 Å². The lowest BCUT2D eigenvalue weighted by molar-refractivity contribution is 0.0689. The van der Waals surface area contributed by atoms with E-state index in [4.69, 9.17) is 0 Å². The van der Waals surface area contributed by atoms with Gasteiger partial charge < -0.3 is 10.4 Å². The summed E-state index contributed by atoms with van der Waals surface area (Å²) in [5.74, 6) is -1.47. The normalized spacial score (nSPS) is 15.6. The summed E-state index contributed by atoms with van der Waals surface area (Å²) < 4.78 is 1.37. The second kappa shape index (κ2) is 7.07. The smallest absolute Gasteiger partial charge is 0.354 e. The van der Waals surface area contributed by atoms with Gasteiger partial charge in [-0.05, 0) is 24.6 Å². The molecule has 3 heterocycles. The van der Waals surface area contributed by atoms with Crippen molar-refractivity contribution in [2.45, 2.75) is 13.1 Å². The number of hydrogen-bond donors (Lipinski definition) is 2. The highest BCUT2D eigenvalue weighted by Crippen LogP contribution is 2.22. The standard InChI is InChI=1S/C20H17N5O3/c1-12-4-2-5-13(8-12)17-21-9-14(24-17)10-23-19(26)15-6-3-7-25-16(20(27)28)11-22-18(15)25/h2-9,11,17H,10H2,1H3,(H,23,26)(H,27,28). The molecular formula is C20H17N5O3. The molecule has 4 rings (SSSR count). The average Bonchev–Trinajstić information content (AvgIpc) is 3.33. The zero-order valence-electron chi connectivity index (χ0n) is 15.0. The van der Waals surface area contributed by atoms with Crippen LogP contribution < -0.4 is 5.32 Å². The lowest BCUT2D eigenvalue weighted by Gasteiger charge is -2.07. The molecule has 0 aliphatic carbocycles. The van der Waals surface area contributed by atoms with Crippen molar-refractivity contribution >= 4 is 29.4 Å². The molecule has 1 amide bonds. The number of carbonyl (C=O) groups excluding carboxylic acids is 1. The number of aromatic carboxylic acids is 1. The minimum absolute atomic E-state index is 0.00190. The SMILES string of the molecule is Cc1cccc(C2N=CC(CNC(=O)c3cccn4c(C(=O)O)cnc34)=N2)c1. The van der Waals surface area contributed by atoms with Gasteiger partial charge in [0.15, 0.2) is 11.9 Å². The summed E-state index contributed by atoms with van der Waals surface area (Å²) in [5.41, 5.74) is 3.39. The molecule has 2 N–H and O–H groups in total. The van der Waals surface area contributed by atoms with Gasteiger partial charge in [-0.1, -0.05) is 29.8 Å². The number of pyridine rings is 1. The molecule has 0 saturated carbocycles. The number of nitrogens with zero attached hydrogens (tertiary/aromatic N) is 4. The number of rotatable bonds is 5. The summed E-state index contributed by atoms with van der Waals surface area (Å²) in [6.45, 7) is 2.23. The molecule has 0 spiro atoms. The highest BCUT2D eigenvalue weighted by molar-refractivity contribution is 6.33. The third-order valence-electron chi connectivity index (χ3n) is 4.42. The number of imidazole rings is 1. The highest BCUT2D eigenvalue weighted by atomic mass is 16.4. The first-order chi connectivity index (χ1) is 13.5. The van der Waals surface area contributed by atoms with E-state index in [0.29, 0.717) is 11.3 Å². The zero-order valence-corrected chi connectivity index (χ0v) is 15.0. The highest BCUT2D eigenvalue weighted by Gasteiger charge is 2.18. The van der Waals surface area contributed by atoms with Crippen molar-refractivity contribution in [2.75, 3.05) is 6.54 Å². The number of carbonyl (C=O) groups is 2. The van der Waals surface area contributed by atoms with E-state index in [1.165, 1.54) is 10.6 Å². The Morgan fingerprint density at radius 2 is 2.11 bits per heavy atom. The van der Waals surface area contributed by atoms with Crippen molar-refractivity contribution in [3.05, 3.63) is 71.2 Å². The Morgan fingerprint density at radius 3 is 2.89 bits per heavy atom. The minimum atomic E-state index is -1.11. The number of aryl methyl sites for hydroxylation is 1. The summed E-state index contributed by atoms with van der Waals surface area (Å²) in [6, 6.07) is 11.2.